The molecule has 7 heteroatoms. The third-order valence-corrected chi connectivity index (χ3v) is 5.88. The summed E-state index contributed by atoms with van der Waals surface area (Å²) in [5.74, 6) is 0.608. The fraction of sp³-hybridized carbons (Fsp3) is 0.458. The predicted octanol–water partition coefficient (Wildman–Crippen LogP) is 4.35. The number of pyridine rings is 1. The normalized spacial score (nSPS) is 16.7. The number of carbonyl (C=O) groups excluding carboxylic acids is 2. The Balaban J connectivity index is 1.33. The van der Waals surface area contributed by atoms with E-state index in [2.05, 4.69) is 15.6 Å². The predicted molar refractivity (Wildman–Crippen MR) is 119 cm³/mol. The minimum absolute atomic E-state index is 0.0211. The van der Waals surface area contributed by atoms with E-state index in [1.807, 2.05) is 17.0 Å². The zero-order valence-electron chi connectivity index (χ0n) is 17.8. The van der Waals surface area contributed by atoms with E-state index in [1.54, 1.807) is 30.5 Å². The minimum Gasteiger partial charge on any atom is -0.474 e. The Labute approximate surface area is 183 Å². The average Bonchev–Trinajstić information content (AvgIpc) is 3.32. The van der Waals surface area contributed by atoms with E-state index in [0.29, 0.717) is 23.7 Å². The van der Waals surface area contributed by atoms with Crippen LogP contribution in [-0.4, -0.2) is 41.0 Å². The summed E-state index contributed by atoms with van der Waals surface area (Å²) in [6, 6.07) is 10.5. The Morgan fingerprint density at radius 2 is 1.84 bits per heavy atom. The van der Waals surface area contributed by atoms with Crippen LogP contribution in [0, 0.1) is 0 Å². The Bertz CT molecular complexity index is 905. The van der Waals surface area contributed by atoms with Gasteiger partial charge in [0, 0.05) is 42.6 Å². The van der Waals surface area contributed by atoms with Crippen molar-refractivity contribution in [2.45, 2.75) is 57.6 Å². The van der Waals surface area contributed by atoms with Gasteiger partial charge in [0.2, 0.25) is 5.88 Å². The highest BCUT2D eigenvalue weighted by atomic mass is 16.5. The lowest BCUT2D eigenvalue weighted by Crippen LogP contribution is -2.35. The second kappa shape index (κ2) is 10.3. The molecule has 2 heterocycles. The molecule has 0 spiro atoms. The van der Waals surface area contributed by atoms with Crippen LogP contribution in [0.1, 0.15) is 60.9 Å². The quantitative estimate of drug-likeness (QED) is 0.725. The lowest BCUT2D eigenvalue weighted by Gasteiger charge is -2.26. The van der Waals surface area contributed by atoms with Crippen molar-refractivity contribution in [1.29, 1.82) is 0 Å². The Kier molecular flexibility index (Phi) is 7.02. The monoisotopic (exact) mass is 422 g/mol. The van der Waals surface area contributed by atoms with E-state index in [0.717, 1.165) is 44.3 Å². The Morgan fingerprint density at radius 1 is 1.03 bits per heavy atom. The summed E-state index contributed by atoms with van der Waals surface area (Å²) in [5.41, 5.74) is 2.03. The van der Waals surface area contributed by atoms with E-state index in [-0.39, 0.29) is 18.0 Å². The summed E-state index contributed by atoms with van der Waals surface area (Å²) in [5, 5.41) is 5.68. The van der Waals surface area contributed by atoms with Crippen LogP contribution >= 0.6 is 0 Å². The number of ether oxygens (including phenoxy) is 1. The number of amides is 3. The third kappa shape index (κ3) is 5.75. The van der Waals surface area contributed by atoms with Gasteiger partial charge in [0.25, 0.3) is 5.91 Å². The molecule has 4 rings (SSSR count). The number of anilines is 1. The van der Waals surface area contributed by atoms with Crippen LogP contribution in [0.25, 0.3) is 0 Å². The molecule has 0 bridgehead atoms. The van der Waals surface area contributed by atoms with E-state index >= 15 is 0 Å². The third-order valence-electron chi connectivity index (χ3n) is 5.88. The maximum atomic E-state index is 12.7. The van der Waals surface area contributed by atoms with Crippen LogP contribution in [0.2, 0.25) is 0 Å². The number of rotatable bonds is 6. The minimum atomic E-state index is -0.335. The average molecular weight is 423 g/mol. The summed E-state index contributed by atoms with van der Waals surface area (Å²) in [7, 11) is 0. The topological polar surface area (TPSA) is 83.6 Å². The number of hydrogen-bond donors (Lipinski definition) is 2. The molecule has 1 aliphatic carbocycles. The largest absolute Gasteiger partial charge is 0.474 e. The first kappa shape index (κ1) is 21.2. The van der Waals surface area contributed by atoms with Gasteiger partial charge < -0.3 is 20.3 Å². The Hall–Kier alpha value is -3.09. The number of nitrogens with one attached hydrogen (secondary N) is 2. The molecule has 1 aromatic carbocycles. The molecule has 3 amide bonds. The van der Waals surface area contributed by atoms with Crippen molar-refractivity contribution >= 4 is 17.6 Å². The van der Waals surface area contributed by atoms with Crippen LogP contribution in [-0.2, 0) is 6.54 Å². The molecule has 2 N–H and O–H groups in total. The molecule has 2 fully saturated rings. The fourth-order valence-corrected chi connectivity index (χ4v) is 4.19. The molecule has 2 aliphatic rings. The van der Waals surface area contributed by atoms with Crippen molar-refractivity contribution in [2.75, 3.05) is 18.4 Å². The van der Waals surface area contributed by atoms with Gasteiger partial charge in [-0.05, 0) is 69.2 Å². The van der Waals surface area contributed by atoms with Gasteiger partial charge in [-0.1, -0.05) is 12.1 Å². The van der Waals surface area contributed by atoms with Crippen LogP contribution in [0.5, 0.6) is 5.88 Å². The summed E-state index contributed by atoms with van der Waals surface area (Å²) in [4.78, 5) is 31.4. The standard InChI is InChI=1S/C24H30N4O3/c29-23(28-14-4-1-5-15-28)18-8-6-10-20(16-18)27-24(30)26-17-19-9-7-13-25-22(19)31-21-11-2-3-12-21/h6-10,13,16,21H,1-5,11-12,14-15,17H2,(H2,26,27,30). The number of carbonyl (C=O) groups is 2. The molecular weight excluding hydrogens is 392 g/mol. The van der Waals surface area contributed by atoms with Gasteiger partial charge in [-0.3, -0.25) is 4.79 Å². The van der Waals surface area contributed by atoms with Crippen molar-refractivity contribution in [3.05, 3.63) is 53.7 Å². The molecule has 1 aliphatic heterocycles. The van der Waals surface area contributed by atoms with Gasteiger partial charge in [-0.2, -0.15) is 0 Å². The summed E-state index contributed by atoms with van der Waals surface area (Å²) in [6.07, 6.45) is 9.67. The molecule has 164 valence electrons. The van der Waals surface area contributed by atoms with Crippen LogP contribution in [0.15, 0.2) is 42.6 Å². The highest BCUT2D eigenvalue weighted by Crippen LogP contribution is 2.25. The molecule has 0 unspecified atom stereocenters. The van der Waals surface area contributed by atoms with Crippen molar-refractivity contribution in [3.8, 4) is 5.88 Å². The zero-order chi connectivity index (χ0) is 21.5. The number of aromatic nitrogens is 1. The van der Waals surface area contributed by atoms with Crippen molar-refractivity contribution in [1.82, 2.24) is 15.2 Å². The number of nitrogens with zero attached hydrogens (tertiary/aromatic N) is 2. The molecular formula is C24H30N4O3. The lowest BCUT2D eigenvalue weighted by atomic mass is 10.1. The van der Waals surface area contributed by atoms with Gasteiger partial charge in [-0.25, -0.2) is 9.78 Å². The van der Waals surface area contributed by atoms with Crippen LogP contribution in [0.3, 0.4) is 0 Å². The highest BCUT2D eigenvalue weighted by molar-refractivity contribution is 5.97. The second-order valence-electron chi connectivity index (χ2n) is 8.23. The first-order valence-corrected chi connectivity index (χ1v) is 11.2. The molecule has 1 saturated carbocycles. The SMILES string of the molecule is O=C(NCc1cccnc1OC1CCCC1)Nc1cccc(C(=O)N2CCCCC2)c1. The number of benzene rings is 1. The summed E-state index contributed by atoms with van der Waals surface area (Å²) >= 11 is 0. The molecule has 31 heavy (non-hydrogen) atoms. The summed E-state index contributed by atoms with van der Waals surface area (Å²) < 4.78 is 6.03. The van der Waals surface area contributed by atoms with Gasteiger partial charge in [0.15, 0.2) is 0 Å². The number of piperidine rings is 1. The fourth-order valence-electron chi connectivity index (χ4n) is 4.19. The molecule has 2 aromatic rings. The first-order chi connectivity index (χ1) is 15.2. The molecule has 7 nitrogen and oxygen atoms in total. The van der Waals surface area contributed by atoms with Gasteiger partial charge in [0.05, 0.1) is 0 Å². The number of hydrogen-bond acceptors (Lipinski definition) is 4. The maximum Gasteiger partial charge on any atom is 0.319 e. The second-order valence-corrected chi connectivity index (χ2v) is 8.23. The van der Waals surface area contributed by atoms with Crippen molar-refractivity contribution in [2.24, 2.45) is 0 Å². The Morgan fingerprint density at radius 3 is 2.65 bits per heavy atom. The maximum absolute atomic E-state index is 12.7. The number of likely N-dealkylation sites (tertiary alicyclic amines) is 1. The van der Waals surface area contributed by atoms with Gasteiger partial charge >= 0.3 is 6.03 Å². The lowest BCUT2D eigenvalue weighted by molar-refractivity contribution is 0.0724. The van der Waals surface area contributed by atoms with E-state index in [9.17, 15) is 9.59 Å². The molecule has 1 aromatic heterocycles. The van der Waals surface area contributed by atoms with E-state index < -0.39 is 0 Å². The molecule has 1 saturated heterocycles. The highest BCUT2D eigenvalue weighted by Gasteiger charge is 2.20. The molecule has 0 atom stereocenters. The van der Waals surface area contributed by atoms with Crippen molar-refractivity contribution < 1.29 is 14.3 Å². The van der Waals surface area contributed by atoms with Crippen molar-refractivity contribution in [3.63, 3.8) is 0 Å². The van der Waals surface area contributed by atoms with E-state index in [4.69, 9.17) is 4.74 Å². The zero-order valence-corrected chi connectivity index (χ0v) is 17.8. The first-order valence-electron chi connectivity index (χ1n) is 11.2. The van der Waals surface area contributed by atoms with Crippen LogP contribution < -0.4 is 15.4 Å². The van der Waals surface area contributed by atoms with Crippen LogP contribution in [0.4, 0.5) is 10.5 Å². The molecule has 0 radical (unpaired) electrons. The van der Waals surface area contributed by atoms with Gasteiger partial charge in [0.1, 0.15) is 6.10 Å². The summed E-state index contributed by atoms with van der Waals surface area (Å²) in [6.45, 7) is 1.91. The van der Waals surface area contributed by atoms with E-state index in [1.165, 1.54) is 19.3 Å². The number of urea groups is 1. The van der Waals surface area contributed by atoms with Gasteiger partial charge in [-0.15, -0.1) is 0 Å². The smallest absolute Gasteiger partial charge is 0.319 e.